The number of halogens is 1. The van der Waals surface area contributed by atoms with Gasteiger partial charge in [0, 0.05) is 17.1 Å². The number of nitrogens with one attached hydrogen (secondary N) is 2. The van der Waals surface area contributed by atoms with Crippen LogP contribution < -0.4 is 10.2 Å². The van der Waals surface area contributed by atoms with Crippen LogP contribution in [0.1, 0.15) is 16.7 Å². The Bertz CT molecular complexity index is 625. The Labute approximate surface area is 136 Å². The van der Waals surface area contributed by atoms with Gasteiger partial charge in [0.05, 0.1) is 7.05 Å². The summed E-state index contributed by atoms with van der Waals surface area (Å²) in [6.07, 6.45) is 0. The van der Waals surface area contributed by atoms with Gasteiger partial charge in [0.15, 0.2) is 6.54 Å². The van der Waals surface area contributed by atoms with Crippen LogP contribution in [0.3, 0.4) is 0 Å². The van der Waals surface area contributed by atoms with Crippen LogP contribution in [0.5, 0.6) is 0 Å². The van der Waals surface area contributed by atoms with Crippen molar-refractivity contribution in [3.8, 4) is 0 Å². The molecule has 1 unspecified atom stereocenters. The van der Waals surface area contributed by atoms with Crippen LogP contribution in [-0.2, 0) is 17.9 Å². The summed E-state index contributed by atoms with van der Waals surface area (Å²) in [5, 5.41) is 3.62. The number of benzene rings is 2. The molecular weight excluding hydrogens is 296 g/mol. The average Bonchev–Trinajstić information content (AvgIpc) is 2.47. The first kappa shape index (κ1) is 16.5. The number of carbonyl (C=O) groups is 1. The van der Waals surface area contributed by atoms with E-state index < -0.39 is 0 Å². The van der Waals surface area contributed by atoms with Gasteiger partial charge in [-0.3, -0.25) is 4.79 Å². The number of amides is 1. The highest BCUT2D eigenvalue weighted by atomic mass is 35.5. The number of carbonyl (C=O) groups excluding carboxylic acids is 1. The molecule has 0 aliphatic carbocycles. The maximum atomic E-state index is 12.0. The first-order chi connectivity index (χ1) is 10.5. The molecule has 0 saturated heterocycles. The molecule has 116 valence electrons. The SMILES string of the molecule is Cc1ccc(C[NH+](C)CC(=O)NCc2cccc(Cl)c2)cc1. The van der Waals surface area contributed by atoms with E-state index in [2.05, 4.69) is 36.5 Å². The normalized spacial score (nSPS) is 12.0. The number of aryl methyl sites for hydroxylation is 1. The molecule has 2 aromatic rings. The van der Waals surface area contributed by atoms with Crippen LogP contribution in [0.15, 0.2) is 48.5 Å². The smallest absolute Gasteiger partial charge is 0.275 e. The number of hydrogen-bond donors (Lipinski definition) is 2. The molecule has 2 aromatic carbocycles. The van der Waals surface area contributed by atoms with Gasteiger partial charge in [-0.25, -0.2) is 0 Å². The molecule has 0 saturated carbocycles. The van der Waals surface area contributed by atoms with Crippen molar-refractivity contribution in [1.82, 2.24) is 5.32 Å². The summed E-state index contributed by atoms with van der Waals surface area (Å²) >= 11 is 5.93. The van der Waals surface area contributed by atoms with E-state index in [9.17, 15) is 4.79 Å². The van der Waals surface area contributed by atoms with E-state index in [1.54, 1.807) is 0 Å². The zero-order chi connectivity index (χ0) is 15.9. The number of likely N-dealkylation sites (N-methyl/N-ethyl adjacent to an activating group) is 1. The fourth-order valence-corrected chi connectivity index (χ4v) is 2.51. The van der Waals surface area contributed by atoms with E-state index in [-0.39, 0.29) is 5.91 Å². The molecule has 3 nitrogen and oxygen atoms in total. The van der Waals surface area contributed by atoms with Crippen LogP contribution in [0.4, 0.5) is 0 Å². The maximum Gasteiger partial charge on any atom is 0.275 e. The second kappa shape index (κ2) is 7.97. The van der Waals surface area contributed by atoms with Crippen molar-refractivity contribution in [2.75, 3.05) is 13.6 Å². The third kappa shape index (κ3) is 5.51. The van der Waals surface area contributed by atoms with E-state index in [1.165, 1.54) is 11.1 Å². The van der Waals surface area contributed by atoms with E-state index >= 15 is 0 Å². The van der Waals surface area contributed by atoms with Gasteiger partial charge < -0.3 is 10.2 Å². The van der Waals surface area contributed by atoms with Gasteiger partial charge in [-0.2, -0.15) is 0 Å². The van der Waals surface area contributed by atoms with Gasteiger partial charge in [0.1, 0.15) is 6.54 Å². The summed E-state index contributed by atoms with van der Waals surface area (Å²) in [5.74, 6) is 0.0459. The zero-order valence-electron chi connectivity index (χ0n) is 13.0. The van der Waals surface area contributed by atoms with Crippen molar-refractivity contribution < 1.29 is 9.69 Å². The second-order valence-electron chi connectivity index (χ2n) is 5.70. The quantitative estimate of drug-likeness (QED) is 0.839. The second-order valence-corrected chi connectivity index (χ2v) is 6.14. The number of hydrogen-bond acceptors (Lipinski definition) is 1. The molecule has 0 aliphatic heterocycles. The molecule has 2 rings (SSSR count). The van der Waals surface area contributed by atoms with Crippen LogP contribution >= 0.6 is 11.6 Å². The lowest BCUT2D eigenvalue weighted by Crippen LogP contribution is -3.08. The summed E-state index contributed by atoms with van der Waals surface area (Å²) in [5.41, 5.74) is 3.50. The van der Waals surface area contributed by atoms with Crippen LogP contribution in [0, 0.1) is 6.92 Å². The Hall–Kier alpha value is -1.84. The molecule has 1 amide bonds. The molecule has 0 bridgehead atoms. The molecule has 0 aromatic heterocycles. The van der Waals surface area contributed by atoms with Crippen molar-refractivity contribution in [1.29, 1.82) is 0 Å². The minimum Gasteiger partial charge on any atom is -0.347 e. The molecule has 22 heavy (non-hydrogen) atoms. The molecule has 1 atom stereocenters. The summed E-state index contributed by atoms with van der Waals surface area (Å²) in [6, 6.07) is 16.0. The van der Waals surface area contributed by atoms with Gasteiger partial charge in [-0.15, -0.1) is 0 Å². The number of rotatable bonds is 6. The van der Waals surface area contributed by atoms with Crippen molar-refractivity contribution in [3.05, 3.63) is 70.2 Å². The van der Waals surface area contributed by atoms with Gasteiger partial charge in [-0.05, 0) is 24.6 Å². The van der Waals surface area contributed by atoms with E-state index in [1.807, 2.05) is 31.3 Å². The molecule has 4 heteroatoms. The van der Waals surface area contributed by atoms with Crippen molar-refractivity contribution in [2.24, 2.45) is 0 Å². The van der Waals surface area contributed by atoms with E-state index in [0.717, 1.165) is 17.0 Å². The lowest BCUT2D eigenvalue weighted by atomic mass is 10.1. The monoisotopic (exact) mass is 317 g/mol. The predicted molar refractivity (Wildman–Crippen MR) is 89.9 cm³/mol. The van der Waals surface area contributed by atoms with Gasteiger partial charge in [0.25, 0.3) is 5.91 Å². The summed E-state index contributed by atoms with van der Waals surface area (Å²) in [6.45, 7) is 3.88. The Kier molecular flexibility index (Phi) is 5.99. The highest BCUT2D eigenvalue weighted by Gasteiger charge is 2.10. The van der Waals surface area contributed by atoms with Crippen LogP contribution in [-0.4, -0.2) is 19.5 Å². The maximum absolute atomic E-state index is 12.0. The molecule has 0 radical (unpaired) electrons. The molecule has 0 fully saturated rings. The van der Waals surface area contributed by atoms with Gasteiger partial charge >= 0.3 is 0 Å². The van der Waals surface area contributed by atoms with Crippen molar-refractivity contribution in [2.45, 2.75) is 20.0 Å². The molecule has 0 aliphatic rings. The highest BCUT2D eigenvalue weighted by molar-refractivity contribution is 6.30. The fraction of sp³-hybridized carbons (Fsp3) is 0.278. The number of quaternary nitrogens is 1. The lowest BCUT2D eigenvalue weighted by molar-refractivity contribution is -0.885. The van der Waals surface area contributed by atoms with Crippen molar-refractivity contribution >= 4 is 17.5 Å². The Morgan fingerprint density at radius 1 is 1.14 bits per heavy atom. The summed E-state index contributed by atoms with van der Waals surface area (Å²) < 4.78 is 0. The lowest BCUT2D eigenvalue weighted by Gasteiger charge is -2.14. The molecule has 0 spiro atoms. The Balaban J connectivity index is 1.77. The van der Waals surface area contributed by atoms with E-state index in [4.69, 9.17) is 11.6 Å². The first-order valence-corrected chi connectivity index (χ1v) is 7.79. The van der Waals surface area contributed by atoms with Crippen molar-refractivity contribution in [3.63, 3.8) is 0 Å². The summed E-state index contributed by atoms with van der Waals surface area (Å²) in [7, 11) is 2.03. The molecule has 2 N–H and O–H groups in total. The average molecular weight is 318 g/mol. The Morgan fingerprint density at radius 3 is 2.55 bits per heavy atom. The largest absolute Gasteiger partial charge is 0.347 e. The van der Waals surface area contributed by atoms with Gasteiger partial charge in [-0.1, -0.05) is 53.6 Å². The van der Waals surface area contributed by atoms with E-state index in [0.29, 0.717) is 18.1 Å². The molecular formula is C18H22ClN2O+. The topological polar surface area (TPSA) is 33.5 Å². The minimum absolute atomic E-state index is 0.0459. The standard InChI is InChI=1S/C18H21ClN2O/c1-14-6-8-15(9-7-14)12-21(2)13-18(22)20-11-16-4-3-5-17(19)10-16/h3-10H,11-13H2,1-2H3,(H,20,22)/p+1. The molecule has 0 heterocycles. The third-order valence-electron chi connectivity index (χ3n) is 3.47. The third-order valence-corrected chi connectivity index (χ3v) is 3.70. The fourth-order valence-electron chi connectivity index (χ4n) is 2.30. The first-order valence-electron chi connectivity index (χ1n) is 7.41. The highest BCUT2D eigenvalue weighted by Crippen LogP contribution is 2.10. The van der Waals surface area contributed by atoms with Crippen LogP contribution in [0.25, 0.3) is 0 Å². The minimum atomic E-state index is 0.0459. The Morgan fingerprint density at radius 2 is 1.86 bits per heavy atom. The van der Waals surface area contributed by atoms with Gasteiger partial charge in [0.2, 0.25) is 0 Å². The van der Waals surface area contributed by atoms with Crippen LogP contribution in [0.2, 0.25) is 5.02 Å². The zero-order valence-corrected chi connectivity index (χ0v) is 13.8. The summed E-state index contributed by atoms with van der Waals surface area (Å²) in [4.78, 5) is 13.2. The predicted octanol–water partition coefficient (Wildman–Crippen LogP) is 1.98.